The van der Waals surface area contributed by atoms with Gasteiger partial charge >= 0.3 is 0 Å². The first-order valence-electron chi connectivity index (χ1n) is 7.65. The molecule has 2 nitrogen and oxygen atoms in total. The first-order valence-corrected chi connectivity index (χ1v) is 7.65. The third-order valence-electron chi connectivity index (χ3n) is 4.35. The van der Waals surface area contributed by atoms with Gasteiger partial charge in [0.1, 0.15) is 0 Å². The number of hydrogen-bond donors (Lipinski definition) is 2. The average Bonchev–Trinajstić information content (AvgIpc) is 2.67. The fraction of sp³-hybridized carbons (Fsp3) is 0.529. The molecule has 102 valence electrons. The highest BCUT2D eigenvalue weighted by molar-refractivity contribution is 5.85. The predicted octanol–water partition coefficient (Wildman–Crippen LogP) is 3.59. The van der Waals surface area contributed by atoms with Crippen molar-refractivity contribution in [3.8, 4) is 0 Å². The maximum absolute atomic E-state index is 3.47. The number of H-pyrrole nitrogens is 1. The van der Waals surface area contributed by atoms with Gasteiger partial charge < -0.3 is 10.3 Å². The van der Waals surface area contributed by atoms with Crippen LogP contribution in [0.2, 0.25) is 0 Å². The fourth-order valence-electron chi connectivity index (χ4n) is 3.25. The minimum Gasteiger partial charge on any atom is -0.361 e. The summed E-state index contributed by atoms with van der Waals surface area (Å²) in [5.74, 6) is 0. The number of aromatic amines is 1. The Balaban J connectivity index is 1.91. The Morgan fingerprint density at radius 3 is 2.68 bits per heavy atom. The second kappa shape index (κ2) is 5.79. The van der Waals surface area contributed by atoms with Gasteiger partial charge in [-0.1, -0.05) is 6.42 Å². The molecule has 0 saturated carbocycles. The first kappa shape index (κ1) is 12.7. The number of aryl methyl sites for hydroxylation is 3. The van der Waals surface area contributed by atoms with Crippen LogP contribution in [0, 0.1) is 0 Å². The number of nitrogens with one attached hydrogen (secondary N) is 2. The highest BCUT2D eigenvalue weighted by Crippen LogP contribution is 2.28. The molecule has 2 aromatic rings. The molecule has 2 heteroatoms. The molecule has 1 aromatic heterocycles. The third-order valence-corrected chi connectivity index (χ3v) is 4.35. The van der Waals surface area contributed by atoms with Crippen LogP contribution in [0.1, 0.15) is 42.4 Å². The Morgan fingerprint density at radius 1 is 1.11 bits per heavy atom. The standard InChI is InChI=1S/C17H24N2/c1-18-9-5-8-15-12-19-17-11-14-7-4-2-3-6-13(14)10-16(15)17/h10-12,18-19H,2-9H2,1H3. The maximum atomic E-state index is 3.47. The van der Waals surface area contributed by atoms with Gasteiger partial charge in [-0.2, -0.15) is 0 Å². The molecule has 0 bridgehead atoms. The lowest BCUT2D eigenvalue weighted by molar-refractivity contribution is 0.711. The Hall–Kier alpha value is -1.28. The Bertz CT molecular complexity index is 554. The molecule has 1 aliphatic rings. The van der Waals surface area contributed by atoms with E-state index in [1.807, 2.05) is 7.05 Å². The van der Waals surface area contributed by atoms with E-state index in [1.54, 1.807) is 11.1 Å². The molecule has 0 unspecified atom stereocenters. The lowest BCUT2D eigenvalue weighted by Crippen LogP contribution is -2.08. The van der Waals surface area contributed by atoms with Crippen LogP contribution in [0.3, 0.4) is 0 Å². The molecule has 0 saturated heterocycles. The zero-order valence-electron chi connectivity index (χ0n) is 11.9. The van der Waals surface area contributed by atoms with Crippen molar-refractivity contribution < 1.29 is 0 Å². The van der Waals surface area contributed by atoms with Crippen LogP contribution in [0.15, 0.2) is 18.3 Å². The molecule has 0 atom stereocenters. The van der Waals surface area contributed by atoms with E-state index < -0.39 is 0 Å². The molecule has 0 aliphatic heterocycles. The van der Waals surface area contributed by atoms with Gasteiger partial charge in [0.05, 0.1) is 0 Å². The van der Waals surface area contributed by atoms with Gasteiger partial charge in [-0.3, -0.25) is 0 Å². The summed E-state index contributed by atoms with van der Waals surface area (Å²) in [6.45, 7) is 1.09. The number of fused-ring (bicyclic) bond motifs is 2. The van der Waals surface area contributed by atoms with Crippen molar-refractivity contribution in [2.24, 2.45) is 0 Å². The van der Waals surface area contributed by atoms with Gasteiger partial charge in [-0.15, -0.1) is 0 Å². The minimum atomic E-state index is 1.09. The molecule has 1 heterocycles. The molecule has 3 rings (SSSR count). The van der Waals surface area contributed by atoms with E-state index >= 15 is 0 Å². The minimum absolute atomic E-state index is 1.09. The highest BCUT2D eigenvalue weighted by Gasteiger charge is 2.11. The van der Waals surface area contributed by atoms with E-state index in [0.29, 0.717) is 0 Å². The van der Waals surface area contributed by atoms with Crippen molar-refractivity contribution >= 4 is 10.9 Å². The Morgan fingerprint density at radius 2 is 1.89 bits per heavy atom. The summed E-state index contributed by atoms with van der Waals surface area (Å²) in [6, 6.07) is 4.86. The number of rotatable bonds is 4. The van der Waals surface area contributed by atoms with E-state index in [1.165, 1.54) is 61.4 Å². The van der Waals surface area contributed by atoms with Crippen molar-refractivity contribution in [1.29, 1.82) is 0 Å². The molecule has 0 spiro atoms. The summed E-state index contributed by atoms with van der Waals surface area (Å²) in [7, 11) is 2.02. The van der Waals surface area contributed by atoms with Crippen molar-refractivity contribution in [2.75, 3.05) is 13.6 Å². The lowest BCUT2D eigenvalue weighted by atomic mass is 9.98. The molecule has 0 fully saturated rings. The lowest BCUT2D eigenvalue weighted by Gasteiger charge is -2.07. The van der Waals surface area contributed by atoms with Gasteiger partial charge in [0.2, 0.25) is 0 Å². The average molecular weight is 256 g/mol. The molecular formula is C17H24N2. The monoisotopic (exact) mass is 256 g/mol. The zero-order chi connectivity index (χ0) is 13.1. The maximum Gasteiger partial charge on any atom is 0.0459 e. The van der Waals surface area contributed by atoms with Gasteiger partial charge in [0, 0.05) is 17.1 Å². The van der Waals surface area contributed by atoms with Crippen LogP contribution in [-0.4, -0.2) is 18.6 Å². The summed E-state index contributed by atoms with van der Waals surface area (Å²) in [4.78, 5) is 3.47. The molecular weight excluding hydrogens is 232 g/mol. The van der Waals surface area contributed by atoms with Crippen molar-refractivity contribution in [3.05, 3.63) is 35.0 Å². The van der Waals surface area contributed by atoms with Crippen LogP contribution in [0.4, 0.5) is 0 Å². The molecule has 1 aliphatic carbocycles. The summed E-state index contributed by atoms with van der Waals surface area (Å²) in [5.41, 5.74) is 5.99. The SMILES string of the molecule is CNCCCc1c[nH]c2cc3c(cc12)CCCCC3. The van der Waals surface area contributed by atoms with Crippen molar-refractivity contribution in [2.45, 2.75) is 44.9 Å². The van der Waals surface area contributed by atoms with Crippen LogP contribution >= 0.6 is 0 Å². The van der Waals surface area contributed by atoms with Crippen LogP contribution < -0.4 is 5.32 Å². The smallest absolute Gasteiger partial charge is 0.0459 e. The topological polar surface area (TPSA) is 27.8 Å². The zero-order valence-corrected chi connectivity index (χ0v) is 11.9. The van der Waals surface area contributed by atoms with E-state index in [0.717, 1.165) is 6.54 Å². The van der Waals surface area contributed by atoms with Gasteiger partial charge in [0.15, 0.2) is 0 Å². The fourth-order valence-corrected chi connectivity index (χ4v) is 3.25. The van der Waals surface area contributed by atoms with Crippen LogP contribution in [0.25, 0.3) is 10.9 Å². The second-order valence-corrected chi connectivity index (χ2v) is 5.75. The molecule has 19 heavy (non-hydrogen) atoms. The van der Waals surface area contributed by atoms with Crippen molar-refractivity contribution in [3.63, 3.8) is 0 Å². The van der Waals surface area contributed by atoms with Crippen LogP contribution in [0.5, 0.6) is 0 Å². The quantitative estimate of drug-likeness (QED) is 0.635. The van der Waals surface area contributed by atoms with E-state index in [4.69, 9.17) is 0 Å². The van der Waals surface area contributed by atoms with Crippen molar-refractivity contribution in [1.82, 2.24) is 10.3 Å². The van der Waals surface area contributed by atoms with E-state index in [-0.39, 0.29) is 0 Å². The predicted molar refractivity (Wildman–Crippen MR) is 81.8 cm³/mol. The molecule has 1 aromatic carbocycles. The van der Waals surface area contributed by atoms with Crippen LogP contribution in [-0.2, 0) is 19.3 Å². The largest absolute Gasteiger partial charge is 0.361 e. The summed E-state index contributed by atoms with van der Waals surface area (Å²) >= 11 is 0. The van der Waals surface area contributed by atoms with Gasteiger partial charge in [0.25, 0.3) is 0 Å². The second-order valence-electron chi connectivity index (χ2n) is 5.75. The summed E-state index contributed by atoms with van der Waals surface area (Å²) in [5, 5.41) is 4.68. The molecule has 2 N–H and O–H groups in total. The Kier molecular flexibility index (Phi) is 3.88. The van der Waals surface area contributed by atoms with E-state index in [9.17, 15) is 0 Å². The van der Waals surface area contributed by atoms with E-state index in [2.05, 4.69) is 28.6 Å². The normalized spacial score (nSPS) is 15.4. The number of benzene rings is 1. The molecule has 0 radical (unpaired) electrons. The number of hydrogen-bond acceptors (Lipinski definition) is 1. The van der Waals surface area contributed by atoms with Gasteiger partial charge in [-0.05, 0) is 80.9 Å². The first-order chi connectivity index (χ1) is 9.38. The highest BCUT2D eigenvalue weighted by atomic mass is 14.8. The summed E-state index contributed by atoms with van der Waals surface area (Å²) < 4.78 is 0. The number of aromatic nitrogens is 1. The Labute approximate surface area is 115 Å². The third kappa shape index (κ3) is 2.69. The summed E-state index contributed by atoms with van der Waals surface area (Å²) in [6.07, 6.45) is 11.2. The van der Waals surface area contributed by atoms with Gasteiger partial charge in [-0.25, -0.2) is 0 Å². The molecule has 0 amide bonds.